The van der Waals surface area contributed by atoms with Crippen molar-refractivity contribution in [2.75, 3.05) is 19.6 Å². The fourth-order valence-corrected chi connectivity index (χ4v) is 3.39. The summed E-state index contributed by atoms with van der Waals surface area (Å²) in [6, 6.07) is 1.48. The van der Waals surface area contributed by atoms with Gasteiger partial charge in [-0.3, -0.25) is 4.90 Å². The predicted octanol–water partition coefficient (Wildman–Crippen LogP) is 0.574. The van der Waals surface area contributed by atoms with Crippen molar-refractivity contribution in [2.45, 2.75) is 44.2 Å². The number of hydrogen-bond acceptors (Lipinski definition) is 4. The monoisotopic (exact) mass is 249 g/mol. The van der Waals surface area contributed by atoms with Gasteiger partial charge in [0.15, 0.2) is 0 Å². The minimum absolute atomic E-state index is 0.693. The highest BCUT2D eigenvalue weighted by Crippen LogP contribution is 2.26. The molecule has 5 heteroatoms. The van der Waals surface area contributed by atoms with E-state index < -0.39 is 0 Å². The molecule has 1 aromatic rings. The van der Waals surface area contributed by atoms with E-state index in [-0.39, 0.29) is 0 Å². The molecular formula is C13H23N5. The van der Waals surface area contributed by atoms with Crippen LogP contribution in [0.15, 0.2) is 6.33 Å². The third-order valence-corrected chi connectivity index (χ3v) is 4.42. The Morgan fingerprint density at radius 1 is 1.33 bits per heavy atom. The summed E-state index contributed by atoms with van der Waals surface area (Å²) in [5.41, 5.74) is 0. The average molecular weight is 249 g/mol. The summed E-state index contributed by atoms with van der Waals surface area (Å²) < 4.78 is 2.00. The van der Waals surface area contributed by atoms with Gasteiger partial charge in [-0.1, -0.05) is 6.42 Å². The van der Waals surface area contributed by atoms with E-state index in [0.29, 0.717) is 6.04 Å². The van der Waals surface area contributed by atoms with Crippen LogP contribution in [-0.2, 0) is 13.5 Å². The normalized spacial score (nSPS) is 28.5. The van der Waals surface area contributed by atoms with Crippen molar-refractivity contribution in [2.24, 2.45) is 7.05 Å². The predicted molar refractivity (Wildman–Crippen MR) is 70.3 cm³/mol. The average Bonchev–Trinajstić information content (AvgIpc) is 2.97. The summed E-state index contributed by atoms with van der Waals surface area (Å²) in [5.74, 6) is 1.07. The van der Waals surface area contributed by atoms with Crippen molar-refractivity contribution < 1.29 is 0 Å². The largest absolute Gasteiger partial charge is 0.321 e. The number of aromatic nitrogens is 3. The molecule has 2 atom stereocenters. The number of hydrogen-bond donors (Lipinski definition) is 1. The van der Waals surface area contributed by atoms with E-state index in [0.717, 1.165) is 24.8 Å². The molecule has 0 aliphatic carbocycles. The fraction of sp³-hybridized carbons (Fsp3) is 0.846. The van der Waals surface area contributed by atoms with Crippen LogP contribution in [0.5, 0.6) is 0 Å². The smallest absolute Gasteiger partial charge is 0.133 e. The van der Waals surface area contributed by atoms with Crippen LogP contribution in [0, 0.1) is 0 Å². The van der Waals surface area contributed by atoms with Crippen molar-refractivity contribution in [3.8, 4) is 0 Å². The number of nitrogens with zero attached hydrogens (tertiary/aromatic N) is 4. The molecule has 2 unspecified atom stereocenters. The van der Waals surface area contributed by atoms with Gasteiger partial charge in [0.05, 0.1) is 0 Å². The molecule has 2 aliphatic heterocycles. The lowest BCUT2D eigenvalue weighted by atomic mass is 9.99. The van der Waals surface area contributed by atoms with E-state index in [4.69, 9.17) is 0 Å². The molecule has 5 nitrogen and oxygen atoms in total. The van der Waals surface area contributed by atoms with Crippen LogP contribution in [0.4, 0.5) is 0 Å². The maximum absolute atomic E-state index is 4.12. The summed E-state index contributed by atoms with van der Waals surface area (Å²) in [5, 5.41) is 11.8. The molecule has 0 aromatic carbocycles. The van der Waals surface area contributed by atoms with Gasteiger partial charge < -0.3 is 9.88 Å². The Hall–Kier alpha value is -0.940. The molecule has 0 bridgehead atoms. The van der Waals surface area contributed by atoms with Crippen molar-refractivity contribution in [1.29, 1.82) is 0 Å². The lowest BCUT2D eigenvalue weighted by molar-refractivity contribution is 0.181. The summed E-state index contributed by atoms with van der Waals surface area (Å²) in [6.45, 7) is 3.61. The Balaban J connectivity index is 1.47. The van der Waals surface area contributed by atoms with E-state index in [1.807, 2.05) is 11.6 Å². The van der Waals surface area contributed by atoms with Gasteiger partial charge in [0.2, 0.25) is 0 Å². The van der Waals surface area contributed by atoms with Gasteiger partial charge in [0.1, 0.15) is 12.2 Å². The number of aryl methyl sites for hydroxylation is 1. The molecule has 2 aliphatic rings. The first-order valence-corrected chi connectivity index (χ1v) is 7.15. The van der Waals surface area contributed by atoms with E-state index in [2.05, 4.69) is 20.4 Å². The van der Waals surface area contributed by atoms with E-state index >= 15 is 0 Å². The van der Waals surface area contributed by atoms with Crippen molar-refractivity contribution in [1.82, 2.24) is 25.0 Å². The van der Waals surface area contributed by atoms with E-state index in [1.165, 1.54) is 38.8 Å². The van der Waals surface area contributed by atoms with Crippen LogP contribution in [0.1, 0.15) is 31.5 Å². The highest BCUT2D eigenvalue weighted by Gasteiger charge is 2.34. The molecular weight excluding hydrogens is 226 g/mol. The summed E-state index contributed by atoms with van der Waals surface area (Å²) in [7, 11) is 2.01. The summed E-state index contributed by atoms with van der Waals surface area (Å²) in [6.07, 6.45) is 8.23. The first-order valence-electron chi connectivity index (χ1n) is 7.15. The topological polar surface area (TPSA) is 46.0 Å². The Kier molecular flexibility index (Phi) is 3.61. The number of rotatable bonds is 4. The zero-order chi connectivity index (χ0) is 12.4. The van der Waals surface area contributed by atoms with Gasteiger partial charge in [-0.15, -0.1) is 10.2 Å². The highest BCUT2D eigenvalue weighted by atomic mass is 15.3. The molecule has 1 aromatic heterocycles. The molecule has 2 fully saturated rings. The third kappa shape index (κ3) is 2.42. The number of nitrogens with one attached hydrogen (secondary N) is 1. The zero-order valence-electron chi connectivity index (χ0n) is 11.2. The van der Waals surface area contributed by atoms with Gasteiger partial charge in [0.25, 0.3) is 0 Å². The Morgan fingerprint density at radius 2 is 2.28 bits per heavy atom. The van der Waals surface area contributed by atoms with Gasteiger partial charge in [-0.2, -0.15) is 0 Å². The summed E-state index contributed by atoms with van der Waals surface area (Å²) in [4.78, 5) is 2.67. The lowest BCUT2D eigenvalue weighted by Gasteiger charge is -2.32. The van der Waals surface area contributed by atoms with Gasteiger partial charge in [-0.25, -0.2) is 0 Å². The Labute approximate surface area is 109 Å². The zero-order valence-corrected chi connectivity index (χ0v) is 11.2. The first-order chi connectivity index (χ1) is 8.84. The fourth-order valence-electron chi connectivity index (χ4n) is 3.39. The Bertz CT molecular complexity index is 388. The number of piperidine rings is 1. The molecule has 3 heterocycles. The van der Waals surface area contributed by atoms with E-state index in [9.17, 15) is 0 Å². The second kappa shape index (κ2) is 5.36. The minimum atomic E-state index is 0.693. The van der Waals surface area contributed by atoms with Gasteiger partial charge in [0, 0.05) is 38.6 Å². The lowest BCUT2D eigenvalue weighted by Crippen LogP contribution is -2.45. The highest BCUT2D eigenvalue weighted by molar-refractivity contribution is 4.94. The molecule has 0 saturated carbocycles. The van der Waals surface area contributed by atoms with Crippen LogP contribution in [-0.4, -0.2) is 51.4 Å². The van der Waals surface area contributed by atoms with Crippen LogP contribution in [0.25, 0.3) is 0 Å². The molecule has 100 valence electrons. The van der Waals surface area contributed by atoms with Gasteiger partial charge >= 0.3 is 0 Å². The van der Waals surface area contributed by atoms with Crippen LogP contribution >= 0.6 is 0 Å². The minimum Gasteiger partial charge on any atom is -0.321 e. The molecule has 2 saturated heterocycles. The molecule has 0 spiro atoms. The number of fused-ring (bicyclic) bond motifs is 1. The van der Waals surface area contributed by atoms with E-state index in [1.54, 1.807) is 6.33 Å². The summed E-state index contributed by atoms with van der Waals surface area (Å²) >= 11 is 0. The Morgan fingerprint density at radius 3 is 3.11 bits per heavy atom. The van der Waals surface area contributed by atoms with Crippen molar-refractivity contribution in [3.05, 3.63) is 12.2 Å². The van der Waals surface area contributed by atoms with Gasteiger partial charge in [-0.05, 0) is 25.8 Å². The van der Waals surface area contributed by atoms with Crippen molar-refractivity contribution >= 4 is 0 Å². The molecule has 3 rings (SSSR count). The maximum Gasteiger partial charge on any atom is 0.133 e. The third-order valence-electron chi connectivity index (χ3n) is 4.42. The first kappa shape index (κ1) is 12.1. The van der Waals surface area contributed by atoms with Crippen LogP contribution in [0.3, 0.4) is 0 Å². The molecule has 18 heavy (non-hydrogen) atoms. The quantitative estimate of drug-likeness (QED) is 0.847. The van der Waals surface area contributed by atoms with Crippen LogP contribution < -0.4 is 5.32 Å². The molecule has 0 radical (unpaired) electrons. The van der Waals surface area contributed by atoms with Crippen molar-refractivity contribution in [3.63, 3.8) is 0 Å². The molecule has 0 amide bonds. The standard InChI is InChI=1S/C13H23N5/c1-17-10-15-16-13(17)5-7-14-11-6-9-18-8-3-2-4-12(11)18/h10-12,14H,2-9H2,1H3. The molecule has 1 N–H and O–H groups in total. The maximum atomic E-state index is 4.12. The second-order valence-electron chi connectivity index (χ2n) is 5.56. The SMILES string of the molecule is Cn1cnnc1CCNC1CCN2CCCCC12. The second-order valence-corrected chi connectivity index (χ2v) is 5.56. The van der Waals surface area contributed by atoms with Crippen LogP contribution in [0.2, 0.25) is 0 Å².